The van der Waals surface area contributed by atoms with Crippen LogP contribution in [-0.4, -0.2) is 5.16 Å². The van der Waals surface area contributed by atoms with E-state index in [0.717, 1.165) is 11.8 Å². The Morgan fingerprint density at radius 1 is 0.889 bits per heavy atom. The van der Waals surface area contributed by atoms with Gasteiger partial charge in [0.15, 0.2) is 0 Å². The number of aliphatic imine (C=N–C) groups is 1. The number of benzene rings is 2. The van der Waals surface area contributed by atoms with E-state index in [1.807, 2.05) is 24.3 Å². The van der Waals surface area contributed by atoms with E-state index in [9.17, 15) is 8.78 Å². The lowest BCUT2D eigenvalue weighted by molar-refractivity contribution is 0.299. The van der Waals surface area contributed by atoms with Gasteiger partial charge in [-0.25, -0.2) is 8.78 Å². The molecule has 140 valence electrons. The monoisotopic (exact) mass is 383 g/mol. The Bertz CT molecular complexity index is 835. The minimum absolute atomic E-state index is 0.0157. The summed E-state index contributed by atoms with van der Waals surface area (Å²) in [6.07, 6.45) is 9.38. The Kier molecular flexibility index (Phi) is 5.47. The standard InChI is InChI=1S/C23H23F2NS/c24-21-12-20(26-14-27)13-22(25)23(21)19-9-7-18(8-10-19)17-5-3-16(4-6-17)11-15-1-2-15/h7-10,12-13,15-17H,1-6,11H2. The molecule has 0 unspecified atom stereocenters. The molecule has 2 fully saturated rings. The molecule has 0 spiro atoms. The molecule has 0 atom stereocenters. The lowest BCUT2D eigenvalue weighted by Gasteiger charge is -2.29. The molecule has 2 aromatic rings. The summed E-state index contributed by atoms with van der Waals surface area (Å²) in [7, 11) is 0. The molecule has 2 aromatic carbocycles. The second-order valence-electron chi connectivity index (χ2n) is 8.01. The summed E-state index contributed by atoms with van der Waals surface area (Å²) in [6, 6.07) is 10.1. The van der Waals surface area contributed by atoms with E-state index < -0.39 is 11.6 Å². The first kappa shape index (κ1) is 18.5. The largest absolute Gasteiger partial charge is 0.206 e. The van der Waals surface area contributed by atoms with Gasteiger partial charge in [-0.15, -0.1) is 0 Å². The van der Waals surface area contributed by atoms with Gasteiger partial charge in [0, 0.05) is 12.1 Å². The van der Waals surface area contributed by atoms with Gasteiger partial charge in [-0.3, -0.25) is 0 Å². The fourth-order valence-electron chi connectivity index (χ4n) is 4.43. The Labute approximate surface area is 164 Å². The van der Waals surface area contributed by atoms with Crippen molar-refractivity contribution in [3.05, 3.63) is 53.6 Å². The molecule has 0 amide bonds. The van der Waals surface area contributed by atoms with E-state index in [1.165, 1.54) is 62.6 Å². The van der Waals surface area contributed by atoms with E-state index in [0.29, 0.717) is 11.5 Å². The highest BCUT2D eigenvalue weighted by Gasteiger charge is 2.29. The second-order valence-corrected chi connectivity index (χ2v) is 8.19. The van der Waals surface area contributed by atoms with Gasteiger partial charge in [0.05, 0.1) is 16.4 Å². The molecule has 1 nitrogen and oxygen atoms in total. The van der Waals surface area contributed by atoms with Gasteiger partial charge in [-0.2, -0.15) is 4.99 Å². The van der Waals surface area contributed by atoms with Crippen LogP contribution in [0.4, 0.5) is 14.5 Å². The number of halogens is 2. The van der Waals surface area contributed by atoms with Crippen molar-refractivity contribution in [3.8, 4) is 11.1 Å². The first-order chi connectivity index (χ1) is 13.1. The number of nitrogens with zero attached hydrogens (tertiary/aromatic N) is 1. The molecule has 2 aliphatic rings. The van der Waals surface area contributed by atoms with Crippen LogP contribution < -0.4 is 0 Å². The highest BCUT2D eigenvalue weighted by atomic mass is 32.1. The van der Waals surface area contributed by atoms with Crippen molar-refractivity contribution < 1.29 is 8.78 Å². The minimum Gasteiger partial charge on any atom is -0.206 e. The van der Waals surface area contributed by atoms with Crippen LogP contribution in [0.5, 0.6) is 0 Å². The topological polar surface area (TPSA) is 12.4 Å². The average molecular weight is 384 g/mol. The Morgan fingerprint density at radius 3 is 1.96 bits per heavy atom. The number of isothiocyanates is 1. The highest BCUT2D eigenvalue weighted by Crippen LogP contribution is 2.43. The third kappa shape index (κ3) is 4.34. The van der Waals surface area contributed by atoms with Gasteiger partial charge in [-0.05, 0) is 73.2 Å². The second kappa shape index (κ2) is 8.00. The minimum atomic E-state index is -0.632. The normalized spacial score (nSPS) is 22.3. The number of thiocarbonyl (C=S) groups is 1. The Morgan fingerprint density at radius 2 is 1.44 bits per heavy atom. The molecule has 2 aliphatic carbocycles. The van der Waals surface area contributed by atoms with Gasteiger partial charge in [0.2, 0.25) is 0 Å². The van der Waals surface area contributed by atoms with E-state index in [2.05, 4.69) is 22.4 Å². The van der Waals surface area contributed by atoms with Gasteiger partial charge in [0.1, 0.15) is 11.6 Å². The lowest BCUT2D eigenvalue weighted by atomic mass is 9.77. The van der Waals surface area contributed by atoms with Gasteiger partial charge < -0.3 is 0 Å². The molecule has 2 saturated carbocycles. The van der Waals surface area contributed by atoms with Crippen molar-refractivity contribution in [3.63, 3.8) is 0 Å². The summed E-state index contributed by atoms with van der Waals surface area (Å²) in [5.74, 6) is 1.23. The molecule has 0 bridgehead atoms. The molecule has 0 N–H and O–H groups in total. The maximum Gasteiger partial charge on any atom is 0.136 e. The fourth-order valence-corrected chi connectivity index (χ4v) is 4.54. The first-order valence-electron chi connectivity index (χ1n) is 9.81. The van der Waals surface area contributed by atoms with Crippen LogP contribution in [0, 0.1) is 23.5 Å². The average Bonchev–Trinajstić information content (AvgIpc) is 3.47. The van der Waals surface area contributed by atoms with Crippen LogP contribution in [0.1, 0.15) is 56.4 Å². The summed E-state index contributed by atoms with van der Waals surface area (Å²) in [4.78, 5) is 3.65. The van der Waals surface area contributed by atoms with Crippen molar-refractivity contribution in [2.45, 2.75) is 50.9 Å². The van der Waals surface area contributed by atoms with Crippen molar-refractivity contribution in [2.24, 2.45) is 16.8 Å². The molecule has 4 heteroatoms. The van der Waals surface area contributed by atoms with Crippen LogP contribution in [-0.2, 0) is 0 Å². The van der Waals surface area contributed by atoms with Crippen molar-refractivity contribution in [1.82, 2.24) is 0 Å². The van der Waals surface area contributed by atoms with Crippen molar-refractivity contribution in [1.29, 1.82) is 0 Å². The SMILES string of the molecule is Fc1cc(N=C=S)cc(F)c1-c1ccc(C2CCC(CC3CC3)CC2)cc1. The summed E-state index contributed by atoms with van der Waals surface area (Å²) in [6.45, 7) is 0. The maximum atomic E-state index is 14.4. The molecular weight excluding hydrogens is 360 g/mol. The van der Waals surface area contributed by atoms with Crippen LogP contribution >= 0.6 is 12.2 Å². The van der Waals surface area contributed by atoms with E-state index >= 15 is 0 Å². The summed E-state index contributed by atoms with van der Waals surface area (Å²) in [5, 5.41) is 2.13. The Hall–Kier alpha value is -1.90. The maximum absolute atomic E-state index is 14.4. The molecule has 0 aromatic heterocycles. The van der Waals surface area contributed by atoms with Crippen LogP contribution in [0.15, 0.2) is 41.4 Å². The van der Waals surface area contributed by atoms with E-state index in [-0.39, 0.29) is 11.3 Å². The zero-order valence-electron chi connectivity index (χ0n) is 15.3. The number of hydrogen-bond donors (Lipinski definition) is 0. The summed E-state index contributed by atoms with van der Waals surface area (Å²) in [5.41, 5.74) is 1.96. The molecule has 0 aliphatic heterocycles. The summed E-state index contributed by atoms with van der Waals surface area (Å²) < 4.78 is 28.7. The third-order valence-corrected chi connectivity index (χ3v) is 6.17. The Balaban J connectivity index is 1.47. The predicted octanol–water partition coefficient (Wildman–Crippen LogP) is 7.44. The van der Waals surface area contributed by atoms with E-state index in [1.54, 1.807) is 0 Å². The predicted molar refractivity (Wildman–Crippen MR) is 109 cm³/mol. The first-order valence-corrected chi connectivity index (χ1v) is 10.2. The van der Waals surface area contributed by atoms with Crippen molar-refractivity contribution in [2.75, 3.05) is 0 Å². The number of hydrogen-bond acceptors (Lipinski definition) is 2. The molecular formula is C23H23F2NS. The lowest BCUT2D eigenvalue weighted by Crippen LogP contribution is -2.13. The number of rotatable bonds is 5. The van der Waals surface area contributed by atoms with Gasteiger partial charge in [0.25, 0.3) is 0 Å². The van der Waals surface area contributed by atoms with Crippen LogP contribution in [0.2, 0.25) is 0 Å². The van der Waals surface area contributed by atoms with Gasteiger partial charge in [-0.1, -0.05) is 37.1 Å². The molecule has 27 heavy (non-hydrogen) atoms. The fraction of sp³-hybridized carbons (Fsp3) is 0.435. The smallest absolute Gasteiger partial charge is 0.136 e. The molecule has 0 heterocycles. The zero-order valence-corrected chi connectivity index (χ0v) is 16.1. The van der Waals surface area contributed by atoms with Crippen LogP contribution in [0.25, 0.3) is 11.1 Å². The van der Waals surface area contributed by atoms with Crippen LogP contribution in [0.3, 0.4) is 0 Å². The third-order valence-electron chi connectivity index (χ3n) is 6.08. The molecule has 0 radical (unpaired) electrons. The molecule has 0 saturated heterocycles. The molecule has 4 rings (SSSR count). The van der Waals surface area contributed by atoms with Crippen molar-refractivity contribution >= 4 is 23.1 Å². The zero-order chi connectivity index (χ0) is 18.8. The van der Waals surface area contributed by atoms with Gasteiger partial charge >= 0.3 is 0 Å². The van der Waals surface area contributed by atoms with E-state index in [4.69, 9.17) is 0 Å². The highest BCUT2D eigenvalue weighted by molar-refractivity contribution is 7.78. The quantitative estimate of drug-likeness (QED) is 0.386. The summed E-state index contributed by atoms with van der Waals surface area (Å²) >= 11 is 4.49.